The topological polar surface area (TPSA) is 15.3 Å². The minimum atomic E-state index is 0.745. The molecule has 0 amide bonds. The van der Waals surface area contributed by atoms with Crippen LogP contribution in [0.4, 0.5) is 0 Å². The van der Waals surface area contributed by atoms with Gasteiger partial charge in [-0.2, -0.15) is 0 Å². The third-order valence-electron chi connectivity index (χ3n) is 4.95. The number of hydrogen-bond donors (Lipinski definition) is 1. The normalized spacial score (nSPS) is 28.5. The van der Waals surface area contributed by atoms with Gasteiger partial charge in [0, 0.05) is 18.6 Å². The predicted molar refractivity (Wildman–Crippen MR) is 78.9 cm³/mol. The lowest BCUT2D eigenvalue weighted by molar-refractivity contribution is 0.304. The summed E-state index contributed by atoms with van der Waals surface area (Å²) in [5.74, 6) is 1.78. The van der Waals surface area contributed by atoms with Crippen molar-refractivity contribution in [1.82, 2.24) is 10.2 Å². The van der Waals surface area contributed by atoms with Gasteiger partial charge in [-0.05, 0) is 57.0 Å². The Bertz CT molecular complexity index is 237. The lowest BCUT2D eigenvalue weighted by Gasteiger charge is -2.22. The second-order valence-electron chi connectivity index (χ2n) is 6.64. The lowest BCUT2D eigenvalue weighted by Crippen LogP contribution is -2.35. The van der Waals surface area contributed by atoms with Gasteiger partial charge in [-0.3, -0.25) is 0 Å². The zero-order valence-corrected chi connectivity index (χ0v) is 12.6. The molecule has 1 N–H and O–H groups in total. The van der Waals surface area contributed by atoms with Gasteiger partial charge in [0.15, 0.2) is 0 Å². The van der Waals surface area contributed by atoms with E-state index in [-0.39, 0.29) is 0 Å². The van der Waals surface area contributed by atoms with Crippen LogP contribution in [-0.4, -0.2) is 36.6 Å². The van der Waals surface area contributed by atoms with Crippen molar-refractivity contribution >= 4 is 0 Å². The van der Waals surface area contributed by atoms with Gasteiger partial charge in [-0.25, -0.2) is 0 Å². The van der Waals surface area contributed by atoms with E-state index < -0.39 is 0 Å². The molecule has 2 heteroatoms. The number of likely N-dealkylation sites (tertiary alicyclic amines) is 1. The van der Waals surface area contributed by atoms with Crippen molar-refractivity contribution in [2.75, 3.05) is 19.6 Å². The molecule has 1 aliphatic heterocycles. The van der Waals surface area contributed by atoms with Crippen LogP contribution in [0.2, 0.25) is 0 Å². The van der Waals surface area contributed by atoms with Gasteiger partial charge < -0.3 is 10.2 Å². The molecule has 18 heavy (non-hydrogen) atoms. The molecular weight excluding hydrogens is 220 g/mol. The lowest BCUT2D eigenvalue weighted by atomic mass is 9.97. The molecule has 106 valence electrons. The van der Waals surface area contributed by atoms with E-state index >= 15 is 0 Å². The summed E-state index contributed by atoms with van der Waals surface area (Å²) in [6.07, 6.45) is 8.30. The van der Waals surface area contributed by atoms with Crippen LogP contribution in [0.15, 0.2) is 0 Å². The van der Waals surface area contributed by atoms with Gasteiger partial charge in [-0.1, -0.05) is 27.2 Å². The summed E-state index contributed by atoms with van der Waals surface area (Å²) in [5, 5.41) is 3.83. The number of nitrogens with one attached hydrogen (secondary N) is 1. The summed E-state index contributed by atoms with van der Waals surface area (Å²) < 4.78 is 0. The van der Waals surface area contributed by atoms with Crippen molar-refractivity contribution < 1.29 is 0 Å². The number of nitrogens with zero attached hydrogens (tertiary/aromatic N) is 1. The van der Waals surface area contributed by atoms with E-state index in [4.69, 9.17) is 0 Å². The minimum Gasteiger partial charge on any atom is -0.314 e. The first-order valence-corrected chi connectivity index (χ1v) is 8.20. The average Bonchev–Trinajstić information content (AvgIpc) is 3.13. The molecule has 1 heterocycles. The largest absolute Gasteiger partial charge is 0.314 e. The highest BCUT2D eigenvalue weighted by Crippen LogP contribution is 2.31. The molecule has 0 bridgehead atoms. The Labute approximate surface area is 114 Å². The van der Waals surface area contributed by atoms with Gasteiger partial charge >= 0.3 is 0 Å². The summed E-state index contributed by atoms with van der Waals surface area (Å²) >= 11 is 0. The quantitative estimate of drug-likeness (QED) is 0.713. The van der Waals surface area contributed by atoms with Crippen LogP contribution in [-0.2, 0) is 0 Å². The molecule has 2 fully saturated rings. The number of rotatable bonds is 8. The maximum absolute atomic E-state index is 3.83. The minimum absolute atomic E-state index is 0.745. The number of hydrogen-bond acceptors (Lipinski definition) is 2. The molecule has 1 aliphatic carbocycles. The third-order valence-corrected chi connectivity index (χ3v) is 4.95. The first kappa shape index (κ1) is 14.3. The molecule has 2 aliphatic rings. The molecule has 3 atom stereocenters. The van der Waals surface area contributed by atoms with Crippen molar-refractivity contribution in [3.05, 3.63) is 0 Å². The zero-order valence-electron chi connectivity index (χ0n) is 12.6. The van der Waals surface area contributed by atoms with E-state index in [0.29, 0.717) is 0 Å². The van der Waals surface area contributed by atoms with E-state index in [9.17, 15) is 0 Å². The molecule has 2 nitrogen and oxygen atoms in total. The van der Waals surface area contributed by atoms with Crippen LogP contribution in [0.5, 0.6) is 0 Å². The van der Waals surface area contributed by atoms with Crippen molar-refractivity contribution in [1.29, 1.82) is 0 Å². The van der Waals surface area contributed by atoms with Crippen LogP contribution in [0.25, 0.3) is 0 Å². The highest BCUT2D eigenvalue weighted by atomic mass is 15.2. The molecular formula is C16H32N2. The summed E-state index contributed by atoms with van der Waals surface area (Å²) in [6, 6.07) is 1.71. The average molecular weight is 252 g/mol. The second-order valence-corrected chi connectivity index (χ2v) is 6.64. The SMILES string of the molecule is CCC(C)CC(CC)NCC1CCN(C2CC2)C1. The van der Waals surface area contributed by atoms with E-state index in [1.807, 2.05) is 0 Å². The summed E-state index contributed by atoms with van der Waals surface area (Å²) in [4.78, 5) is 2.72. The highest BCUT2D eigenvalue weighted by Gasteiger charge is 2.34. The standard InChI is InChI=1S/C16H32N2/c1-4-13(3)10-15(5-2)17-11-14-8-9-18(12-14)16-6-7-16/h13-17H,4-12H2,1-3H3. The molecule has 3 unspecified atom stereocenters. The van der Waals surface area contributed by atoms with Gasteiger partial charge in [-0.15, -0.1) is 0 Å². The van der Waals surface area contributed by atoms with Crippen LogP contribution in [0.1, 0.15) is 59.3 Å². The molecule has 1 saturated carbocycles. The fraction of sp³-hybridized carbons (Fsp3) is 1.00. The summed E-state index contributed by atoms with van der Waals surface area (Å²) in [6.45, 7) is 11.0. The Hall–Kier alpha value is -0.0800. The van der Waals surface area contributed by atoms with Gasteiger partial charge in [0.1, 0.15) is 0 Å². The van der Waals surface area contributed by atoms with E-state index in [2.05, 4.69) is 31.0 Å². The van der Waals surface area contributed by atoms with Crippen LogP contribution < -0.4 is 5.32 Å². The third kappa shape index (κ3) is 4.24. The molecule has 1 saturated heterocycles. The zero-order chi connectivity index (χ0) is 13.0. The van der Waals surface area contributed by atoms with Crippen LogP contribution in [0.3, 0.4) is 0 Å². The first-order chi connectivity index (χ1) is 8.72. The molecule has 0 radical (unpaired) electrons. The maximum Gasteiger partial charge on any atom is 0.00965 e. The fourth-order valence-electron chi connectivity index (χ4n) is 3.18. The molecule has 0 aromatic rings. The molecule has 0 spiro atoms. The van der Waals surface area contributed by atoms with Gasteiger partial charge in [0.25, 0.3) is 0 Å². The molecule has 2 rings (SSSR count). The highest BCUT2D eigenvalue weighted by molar-refractivity contribution is 4.90. The van der Waals surface area contributed by atoms with Crippen molar-refractivity contribution in [3.63, 3.8) is 0 Å². The summed E-state index contributed by atoms with van der Waals surface area (Å²) in [5.41, 5.74) is 0. The maximum atomic E-state index is 3.83. The Morgan fingerprint density at radius 3 is 2.56 bits per heavy atom. The second kappa shape index (κ2) is 6.91. The van der Waals surface area contributed by atoms with Crippen LogP contribution >= 0.6 is 0 Å². The van der Waals surface area contributed by atoms with Crippen molar-refractivity contribution in [2.24, 2.45) is 11.8 Å². The Morgan fingerprint density at radius 1 is 1.17 bits per heavy atom. The van der Waals surface area contributed by atoms with Gasteiger partial charge in [0.05, 0.1) is 0 Å². The Kier molecular flexibility index (Phi) is 5.50. The Morgan fingerprint density at radius 2 is 1.94 bits per heavy atom. The van der Waals surface area contributed by atoms with E-state index in [1.54, 1.807) is 0 Å². The first-order valence-electron chi connectivity index (χ1n) is 8.20. The smallest absolute Gasteiger partial charge is 0.00965 e. The molecule has 0 aromatic carbocycles. The van der Waals surface area contributed by atoms with E-state index in [1.165, 1.54) is 58.2 Å². The molecule has 0 aromatic heterocycles. The van der Waals surface area contributed by atoms with Crippen LogP contribution in [0, 0.1) is 11.8 Å². The van der Waals surface area contributed by atoms with E-state index in [0.717, 1.165) is 23.9 Å². The Balaban J connectivity index is 1.63. The monoisotopic (exact) mass is 252 g/mol. The summed E-state index contributed by atoms with van der Waals surface area (Å²) in [7, 11) is 0. The fourth-order valence-corrected chi connectivity index (χ4v) is 3.18. The van der Waals surface area contributed by atoms with Gasteiger partial charge in [0.2, 0.25) is 0 Å². The van der Waals surface area contributed by atoms with Crippen molar-refractivity contribution in [3.8, 4) is 0 Å². The predicted octanol–water partition coefficient (Wildman–Crippen LogP) is 3.28. The van der Waals surface area contributed by atoms with Crippen molar-refractivity contribution in [2.45, 2.75) is 71.4 Å².